The summed E-state index contributed by atoms with van der Waals surface area (Å²) in [7, 11) is 0. The molecule has 3 aromatic carbocycles. The second kappa shape index (κ2) is 15.0. The minimum Gasteiger partial charge on any atom is -0.425 e. The van der Waals surface area contributed by atoms with Crippen LogP contribution in [-0.4, -0.2) is 65.8 Å². The Balaban J connectivity index is 1.27. The minimum absolute atomic E-state index is 0.0164. The standard InChI is InChI=1S/C36H26Cl3F2N7O6/c1-18-43-34(48(45-18)26-15-21(37)10-11-22(26)38)33-32(54-36(49)52-28-9-5-6-12-42-28)30(31-27(51-33)17-50-35(53-31)19-7-3-2-4-8-19)47-16-25(44-46-47)20-13-23(40)29(39)24(41)14-20/h2-16,27,30-33,35H,17H2,1H3/t27-,30+,31+,32-,33-,35+/m1/s1. The molecular weight excluding hydrogens is 771 g/mol. The molecule has 0 N–H and O–H groups in total. The number of aromatic nitrogens is 7. The average molecular weight is 797 g/mol. The van der Waals surface area contributed by atoms with Gasteiger partial charge in [-0.05, 0) is 43.3 Å². The normalized spacial score (nSPS) is 22.4. The number of rotatable bonds is 7. The van der Waals surface area contributed by atoms with Crippen LogP contribution >= 0.6 is 34.8 Å². The summed E-state index contributed by atoms with van der Waals surface area (Å²) in [5, 5.41) is 13.2. The zero-order chi connectivity index (χ0) is 37.5. The van der Waals surface area contributed by atoms with E-state index < -0.39 is 59.6 Å². The number of benzene rings is 3. The zero-order valence-electron chi connectivity index (χ0n) is 27.8. The van der Waals surface area contributed by atoms with E-state index in [-0.39, 0.29) is 29.6 Å². The molecule has 0 amide bonds. The number of nitrogens with zero attached hydrogens (tertiary/aromatic N) is 7. The van der Waals surface area contributed by atoms with Crippen molar-refractivity contribution >= 4 is 41.0 Å². The zero-order valence-corrected chi connectivity index (χ0v) is 30.1. The lowest BCUT2D eigenvalue weighted by molar-refractivity contribution is -0.319. The third kappa shape index (κ3) is 7.13. The maximum atomic E-state index is 14.6. The van der Waals surface area contributed by atoms with Crippen LogP contribution in [0.4, 0.5) is 13.6 Å². The summed E-state index contributed by atoms with van der Waals surface area (Å²) in [5.41, 5.74) is 1.21. The predicted molar refractivity (Wildman–Crippen MR) is 188 cm³/mol. The van der Waals surface area contributed by atoms with Crippen molar-refractivity contribution in [2.75, 3.05) is 6.61 Å². The monoisotopic (exact) mass is 795 g/mol. The third-order valence-corrected chi connectivity index (χ3v) is 9.62. The Kier molecular flexibility index (Phi) is 10.00. The summed E-state index contributed by atoms with van der Waals surface area (Å²) < 4.78 is 63.0. The van der Waals surface area contributed by atoms with E-state index in [1.807, 2.05) is 30.3 Å². The number of carbonyl (C=O) groups is 1. The molecule has 13 nitrogen and oxygen atoms in total. The van der Waals surface area contributed by atoms with Gasteiger partial charge in [-0.3, -0.25) is 0 Å². The summed E-state index contributed by atoms with van der Waals surface area (Å²) in [6, 6.07) is 19.8. The van der Waals surface area contributed by atoms with Crippen molar-refractivity contribution in [2.45, 2.75) is 43.7 Å². The van der Waals surface area contributed by atoms with Gasteiger partial charge in [-0.1, -0.05) is 76.4 Å². The Morgan fingerprint density at radius 3 is 2.50 bits per heavy atom. The van der Waals surface area contributed by atoms with Crippen LogP contribution in [-0.2, 0) is 18.9 Å². The summed E-state index contributed by atoms with van der Waals surface area (Å²) in [6.45, 7) is 1.68. The molecule has 0 spiro atoms. The highest BCUT2D eigenvalue weighted by atomic mass is 35.5. The molecule has 0 unspecified atom stereocenters. The van der Waals surface area contributed by atoms with E-state index in [2.05, 4.69) is 25.4 Å². The second-order valence-corrected chi connectivity index (χ2v) is 13.4. The molecule has 0 bridgehead atoms. The van der Waals surface area contributed by atoms with Crippen LogP contribution in [0.15, 0.2) is 91.3 Å². The van der Waals surface area contributed by atoms with Gasteiger partial charge >= 0.3 is 6.16 Å². The Bertz CT molecular complexity index is 2300. The van der Waals surface area contributed by atoms with Crippen LogP contribution in [0.5, 0.6) is 5.88 Å². The van der Waals surface area contributed by atoms with E-state index >= 15 is 0 Å². The molecule has 54 heavy (non-hydrogen) atoms. The van der Waals surface area contributed by atoms with E-state index in [4.69, 9.17) is 58.5 Å². The molecule has 2 fully saturated rings. The maximum Gasteiger partial charge on any atom is 0.515 e. The lowest BCUT2D eigenvalue weighted by atomic mass is 9.90. The molecule has 6 aromatic rings. The van der Waals surface area contributed by atoms with E-state index in [1.54, 1.807) is 37.3 Å². The SMILES string of the molecule is Cc1nc([C@@H]2O[C@@H]3CO[C@H](c4ccccc4)O[C@@H]3[C@H](n3cc(-c4cc(F)c(Cl)c(F)c4)nn3)[C@H]2OC(=O)Oc2ccccn2)n(-c2cc(Cl)ccc2Cl)n1. The Labute approximate surface area is 320 Å². The smallest absolute Gasteiger partial charge is 0.425 e. The largest absolute Gasteiger partial charge is 0.515 e. The highest BCUT2D eigenvalue weighted by Gasteiger charge is 2.55. The van der Waals surface area contributed by atoms with Gasteiger partial charge in [0.05, 0.1) is 23.5 Å². The van der Waals surface area contributed by atoms with Gasteiger partial charge in [0.1, 0.15) is 46.4 Å². The van der Waals surface area contributed by atoms with E-state index in [1.165, 1.54) is 27.8 Å². The summed E-state index contributed by atoms with van der Waals surface area (Å²) in [4.78, 5) is 22.4. The van der Waals surface area contributed by atoms with Crippen molar-refractivity contribution in [3.8, 4) is 22.8 Å². The first kappa shape index (κ1) is 36.0. The number of halogens is 5. The molecular formula is C36H26Cl3F2N7O6. The van der Waals surface area contributed by atoms with Crippen LogP contribution in [0.25, 0.3) is 16.9 Å². The molecule has 0 aliphatic carbocycles. The van der Waals surface area contributed by atoms with Crippen molar-refractivity contribution in [1.29, 1.82) is 0 Å². The van der Waals surface area contributed by atoms with Gasteiger partial charge in [-0.15, -0.1) is 5.10 Å². The van der Waals surface area contributed by atoms with E-state index in [0.29, 0.717) is 27.1 Å². The minimum atomic E-state index is -1.36. The highest BCUT2D eigenvalue weighted by molar-refractivity contribution is 6.34. The van der Waals surface area contributed by atoms with Crippen molar-refractivity contribution < 1.29 is 37.3 Å². The molecule has 18 heteroatoms. The molecule has 0 saturated carbocycles. The van der Waals surface area contributed by atoms with Crippen LogP contribution in [0.3, 0.4) is 0 Å². The van der Waals surface area contributed by atoms with Gasteiger partial charge in [0.2, 0.25) is 5.88 Å². The topological polar surface area (TPSA) is 138 Å². The number of carbonyl (C=O) groups excluding carboxylic acids is 1. The third-order valence-electron chi connectivity index (χ3n) is 8.71. The van der Waals surface area contributed by atoms with E-state index in [9.17, 15) is 13.6 Å². The van der Waals surface area contributed by atoms with Gasteiger partial charge in [-0.25, -0.2) is 32.9 Å². The van der Waals surface area contributed by atoms with Crippen LogP contribution in [0, 0.1) is 18.6 Å². The molecule has 8 rings (SSSR count). The molecule has 6 atom stereocenters. The van der Waals surface area contributed by atoms with Crippen molar-refractivity contribution in [3.63, 3.8) is 0 Å². The maximum absolute atomic E-state index is 14.6. The molecule has 2 saturated heterocycles. The first-order valence-electron chi connectivity index (χ1n) is 16.4. The molecule has 3 aromatic heterocycles. The van der Waals surface area contributed by atoms with Gasteiger partial charge in [-0.2, -0.15) is 5.10 Å². The summed E-state index contributed by atoms with van der Waals surface area (Å²) in [5.74, 6) is -1.51. The van der Waals surface area contributed by atoms with Crippen LogP contribution in [0.1, 0.15) is 35.6 Å². The van der Waals surface area contributed by atoms with Crippen molar-refractivity contribution in [3.05, 3.63) is 135 Å². The number of hydrogen-bond acceptors (Lipinski definition) is 11. The van der Waals surface area contributed by atoms with Gasteiger partial charge < -0.3 is 23.7 Å². The molecule has 0 radical (unpaired) electrons. The average Bonchev–Trinajstić information content (AvgIpc) is 3.82. The van der Waals surface area contributed by atoms with Gasteiger partial charge in [0.25, 0.3) is 0 Å². The molecule has 276 valence electrons. The van der Waals surface area contributed by atoms with Crippen LogP contribution in [0.2, 0.25) is 15.1 Å². The Morgan fingerprint density at radius 2 is 1.74 bits per heavy atom. The van der Waals surface area contributed by atoms with E-state index in [0.717, 1.165) is 12.1 Å². The fourth-order valence-corrected chi connectivity index (χ4v) is 6.82. The van der Waals surface area contributed by atoms with Crippen molar-refractivity contribution in [2.24, 2.45) is 0 Å². The highest BCUT2D eigenvalue weighted by Crippen LogP contribution is 2.46. The molecule has 2 aliphatic rings. The number of ether oxygens (including phenoxy) is 5. The number of hydrogen-bond donors (Lipinski definition) is 0. The first-order valence-corrected chi connectivity index (χ1v) is 17.5. The van der Waals surface area contributed by atoms with Gasteiger partial charge in [0.15, 0.2) is 24.3 Å². The fourth-order valence-electron chi connectivity index (χ4n) is 6.35. The predicted octanol–water partition coefficient (Wildman–Crippen LogP) is 7.85. The quantitative estimate of drug-likeness (QED) is 0.115. The fraction of sp³-hybridized carbons (Fsp3) is 0.222. The molecule has 2 aliphatic heterocycles. The Morgan fingerprint density at radius 1 is 0.963 bits per heavy atom. The lowest BCUT2D eigenvalue weighted by Gasteiger charge is -2.48. The number of aryl methyl sites for hydroxylation is 1. The molecule has 5 heterocycles. The second-order valence-electron chi connectivity index (χ2n) is 12.2. The van der Waals surface area contributed by atoms with Gasteiger partial charge in [0, 0.05) is 28.4 Å². The number of pyridine rings is 1. The first-order chi connectivity index (χ1) is 26.1. The van der Waals surface area contributed by atoms with Crippen LogP contribution < -0.4 is 4.74 Å². The lowest BCUT2D eigenvalue weighted by Crippen LogP contribution is -2.58. The summed E-state index contributed by atoms with van der Waals surface area (Å²) in [6.07, 6.45) is -3.47. The number of fused-ring (bicyclic) bond motifs is 1. The Hall–Kier alpha value is -5.03. The van der Waals surface area contributed by atoms with Crippen molar-refractivity contribution in [1.82, 2.24) is 34.7 Å². The summed E-state index contributed by atoms with van der Waals surface area (Å²) >= 11 is 18.8.